The lowest BCUT2D eigenvalue weighted by Gasteiger charge is -2.09. The molecule has 0 saturated carbocycles. The van der Waals surface area contributed by atoms with Crippen LogP contribution in [-0.4, -0.2) is 33.6 Å². The van der Waals surface area contributed by atoms with Crippen LogP contribution in [0.4, 0.5) is 20.2 Å². The summed E-state index contributed by atoms with van der Waals surface area (Å²) < 4.78 is 31.4. The summed E-state index contributed by atoms with van der Waals surface area (Å²) >= 11 is 3.27. The molecule has 1 amide bonds. The lowest BCUT2D eigenvalue weighted by atomic mass is 10.2. The number of aromatic nitrogens is 2. The molecular weight excluding hydrogens is 406 g/mol. The number of nitro groups is 1. The van der Waals surface area contributed by atoms with E-state index in [9.17, 15) is 23.7 Å². The summed E-state index contributed by atoms with van der Waals surface area (Å²) in [5.41, 5.74) is 0.372. The predicted octanol–water partition coefficient (Wildman–Crippen LogP) is 3.14. The fourth-order valence-corrected chi connectivity index (χ4v) is 2.24. The Morgan fingerprint density at radius 1 is 1.48 bits per heavy atom. The van der Waals surface area contributed by atoms with Crippen molar-refractivity contribution in [1.82, 2.24) is 9.78 Å². The number of nitrogens with one attached hydrogen (secondary N) is 1. The second-order valence-corrected chi connectivity index (χ2v) is 5.84. The van der Waals surface area contributed by atoms with E-state index in [1.54, 1.807) is 13.1 Å². The first-order valence-corrected chi connectivity index (χ1v) is 7.73. The van der Waals surface area contributed by atoms with Crippen LogP contribution in [0.5, 0.6) is 5.75 Å². The van der Waals surface area contributed by atoms with Gasteiger partial charge in [0.15, 0.2) is 0 Å². The van der Waals surface area contributed by atoms with Crippen molar-refractivity contribution in [2.24, 2.45) is 0 Å². The Morgan fingerprint density at radius 2 is 2.20 bits per heavy atom. The number of alkyl halides is 2. The number of benzene rings is 1. The lowest BCUT2D eigenvalue weighted by Crippen LogP contribution is -2.19. The van der Waals surface area contributed by atoms with Crippen molar-refractivity contribution in [3.8, 4) is 5.75 Å². The van der Waals surface area contributed by atoms with Gasteiger partial charge in [-0.05, 0) is 22.9 Å². The molecule has 11 heteroatoms. The van der Waals surface area contributed by atoms with Crippen molar-refractivity contribution < 1.29 is 23.2 Å². The normalized spacial score (nSPS) is 10.8. The highest BCUT2D eigenvalue weighted by molar-refractivity contribution is 9.10. The number of hydrogen-bond acceptors (Lipinski definition) is 5. The molecule has 0 spiro atoms. The van der Waals surface area contributed by atoms with E-state index in [4.69, 9.17) is 4.74 Å². The second kappa shape index (κ2) is 8.01. The molecule has 0 aliphatic carbocycles. The molecule has 1 heterocycles. The number of anilines is 1. The number of carbonyl (C=O) groups excluding carboxylic acids is 1. The zero-order valence-electron chi connectivity index (χ0n) is 12.9. The lowest BCUT2D eigenvalue weighted by molar-refractivity contribution is -0.384. The predicted molar refractivity (Wildman–Crippen MR) is 87.9 cm³/mol. The van der Waals surface area contributed by atoms with Crippen LogP contribution in [-0.2, 0) is 11.3 Å². The SMILES string of the molecule is Cc1nn(CC(=O)Nc2cc(OCC(F)F)cc([N+](=O)[O-])c2)cc1Br. The monoisotopic (exact) mass is 418 g/mol. The average molecular weight is 419 g/mol. The summed E-state index contributed by atoms with van der Waals surface area (Å²) in [7, 11) is 0. The maximum absolute atomic E-state index is 12.2. The number of carbonyl (C=O) groups is 1. The summed E-state index contributed by atoms with van der Waals surface area (Å²) in [6, 6.07) is 3.35. The maximum atomic E-state index is 12.2. The van der Waals surface area contributed by atoms with Crippen LogP contribution in [0, 0.1) is 17.0 Å². The highest BCUT2D eigenvalue weighted by Gasteiger charge is 2.14. The van der Waals surface area contributed by atoms with Crippen LogP contribution in [0.2, 0.25) is 0 Å². The number of hydrogen-bond donors (Lipinski definition) is 1. The molecule has 134 valence electrons. The molecule has 0 unspecified atom stereocenters. The zero-order chi connectivity index (χ0) is 18.6. The minimum absolute atomic E-state index is 0.0615. The average Bonchev–Trinajstić information content (AvgIpc) is 2.82. The fourth-order valence-electron chi connectivity index (χ4n) is 1.93. The molecule has 0 aliphatic heterocycles. The number of rotatable bonds is 7. The summed E-state index contributed by atoms with van der Waals surface area (Å²) in [5, 5.41) is 17.5. The van der Waals surface area contributed by atoms with Crippen molar-refractivity contribution in [2.75, 3.05) is 11.9 Å². The van der Waals surface area contributed by atoms with Gasteiger partial charge >= 0.3 is 0 Å². The second-order valence-electron chi connectivity index (χ2n) is 4.98. The summed E-state index contributed by atoms with van der Waals surface area (Å²) in [5.74, 6) is -0.627. The molecule has 0 bridgehead atoms. The Morgan fingerprint density at radius 3 is 2.76 bits per heavy atom. The van der Waals surface area contributed by atoms with Crippen LogP contribution < -0.4 is 10.1 Å². The smallest absolute Gasteiger partial charge is 0.275 e. The summed E-state index contributed by atoms with van der Waals surface area (Å²) in [4.78, 5) is 22.3. The van der Waals surface area contributed by atoms with Crippen molar-refractivity contribution in [2.45, 2.75) is 19.9 Å². The number of nitro benzene ring substituents is 1. The Hall–Kier alpha value is -2.56. The number of amides is 1. The highest BCUT2D eigenvalue weighted by atomic mass is 79.9. The molecule has 1 aromatic heterocycles. The van der Waals surface area contributed by atoms with E-state index in [-0.39, 0.29) is 23.7 Å². The third-order valence-electron chi connectivity index (χ3n) is 2.95. The molecule has 1 N–H and O–H groups in total. The van der Waals surface area contributed by atoms with Crippen LogP contribution in [0.3, 0.4) is 0 Å². The van der Waals surface area contributed by atoms with Gasteiger partial charge in [0.1, 0.15) is 18.9 Å². The molecule has 2 aromatic rings. The molecule has 0 fully saturated rings. The molecule has 8 nitrogen and oxygen atoms in total. The molecule has 1 aromatic carbocycles. The van der Waals surface area contributed by atoms with Crippen LogP contribution in [0.25, 0.3) is 0 Å². The van der Waals surface area contributed by atoms with Gasteiger partial charge in [-0.3, -0.25) is 19.6 Å². The summed E-state index contributed by atoms with van der Waals surface area (Å²) in [6.07, 6.45) is -1.11. The van der Waals surface area contributed by atoms with E-state index in [1.807, 2.05) is 0 Å². The van der Waals surface area contributed by atoms with E-state index in [0.717, 1.165) is 16.6 Å². The van der Waals surface area contributed by atoms with Crippen molar-refractivity contribution >= 4 is 33.2 Å². The molecule has 0 saturated heterocycles. The molecule has 25 heavy (non-hydrogen) atoms. The molecule has 0 radical (unpaired) electrons. The standard InChI is InChI=1S/C14H13BrF2N4O4/c1-8-12(15)5-20(19-8)6-14(22)18-9-2-10(21(23)24)4-11(3-9)25-7-13(16)17/h2-5,13H,6-7H2,1H3,(H,18,22). The van der Waals surface area contributed by atoms with E-state index < -0.39 is 23.9 Å². The highest BCUT2D eigenvalue weighted by Crippen LogP contribution is 2.26. The van der Waals surface area contributed by atoms with Gasteiger partial charge in [0, 0.05) is 18.3 Å². The molecular formula is C14H13BrF2N4O4. The van der Waals surface area contributed by atoms with Gasteiger partial charge in [-0.2, -0.15) is 5.10 Å². The first-order chi connectivity index (χ1) is 11.7. The minimum atomic E-state index is -2.72. The Bertz CT molecular complexity index is 778. The van der Waals surface area contributed by atoms with Crippen molar-refractivity contribution in [3.63, 3.8) is 0 Å². The van der Waals surface area contributed by atoms with E-state index >= 15 is 0 Å². The maximum Gasteiger partial charge on any atom is 0.275 e. The van der Waals surface area contributed by atoms with Gasteiger partial charge in [0.05, 0.1) is 26.8 Å². The quantitative estimate of drug-likeness (QED) is 0.549. The van der Waals surface area contributed by atoms with Gasteiger partial charge in [0.25, 0.3) is 12.1 Å². The van der Waals surface area contributed by atoms with Gasteiger partial charge in [-0.25, -0.2) is 8.78 Å². The fraction of sp³-hybridized carbons (Fsp3) is 0.286. The number of aryl methyl sites for hydroxylation is 1. The number of nitrogens with zero attached hydrogens (tertiary/aromatic N) is 3. The topological polar surface area (TPSA) is 99.3 Å². The minimum Gasteiger partial charge on any atom is -0.487 e. The van der Waals surface area contributed by atoms with Crippen LogP contribution in [0.15, 0.2) is 28.9 Å². The number of halogens is 3. The van der Waals surface area contributed by atoms with Crippen LogP contribution in [0.1, 0.15) is 5.69 Å². The van der Waals surface area contributed by atoms with E-state index in [0.29, 0.717) is 5.69 Å². The van der Waals surface area contributed by atoms with Gasteiger partial charge < -0.3 is 10.1 Å². The molecule has 0 atom stereocenters. The zero-order valence-corrected chi connectivity index (χ0v) is 14.5. The van der Waals surface area contributed by atoms with Crippen LogP contribution >= 0.6 is 15.9 Å². The van der Waals surface area contributed by atoms with Crippen molar-refractivity contribution in [1.29, 1.82) is 0 Å². The first-order valence-electron chi connectivity index (χ1n) is 6.94. The Kier molecular flexibility index (Phi) is 6.02. The van der Waals surface area contributed by atoms with Gasteiger partial charge in [-0.15, -0.1) is 0 Å². The first kappa shape index (κ1) is 18.8. The van der Waals surface area contributed by atoms with Crippen molar-refractivity contribution in [3.05, 3.63) is 44.7 Å². The third-order valence-corrected chi connectivity index (χ3v) is 3.73. The molecule has 0 aliphatic rings. The Balaban J connectivity index is 2.13. The number of ether oxygens (including phenoxy) is 1. The third kappa shape index (κ3) is 5.48. The van der Waals surface area contributed by atoms with Gasteiger partial charge in [0.2, 0.25) is 5.91 Å². The summed E-state index contributed by atoms with van der Waals surface area (Å²) in [6.45, 7) is 0.725. The number of non-ortho nitro benzene ring substituents is 1. The van der Waals surface area contributed by atoms with Gasteiger partial charge in [-0.1, -0.05) is 0 Å². The molecule has 2 rings (SSSR count). The van der Waals surface area contributed by atoms with E-state index in [1.165, 1.54) is 10.7 Å². The van der Waals surface area contributed by atoms with E-state index in [2.05, 4.69) is 26.3 Å². The Labute approximate surface area is 149 Å². The largest absolute Gasteiger partial charge is 0.487 e.